The first-order valence-electron chi connectivity index (χ1n) is 7.08. The van der Waals surface area contributed by atoms with Crippen molar-refractivity contribution in [2.24, 2.45) is 17.7 Å². The molecule has 0 bridgehead atoms. The van der Waals surface area contributed by atoms with Crippen LogP contribution in [0.5, 0.6) is 0 Å². The van der Waals surface area contributed by atoms with Gasteiger partial charge in [0.2, 0.25) is 0 Å². The fourth-order valence-corrected chi connectivity index (χ4v) is 3.54. The topological polar surface area (TPSA) is 38.0 Å². The maximum atomic E-state index is 14.1. The van der Waals surface area contributed by atoms with Gasteiger partial charge < -0.3 is 0 Å². The van der Waals surface area contributed by atoms with Gasteiger partial charge in [-0.3, -0.25) is 11.3 Å². The molecule has 1 aliphatic carbocycles. The van der Waals surface area contributed by atoms with E-state index in [2.05, 4.69) is 12.3 Å². The van der Waals surface area contributed by atoms with Crippen LogP contribution < -0.4 is 11.3 Å². The zero-order chi connectivity index (χ0) is 13.8. The second-order valence-electron chi connectivity index (χ2n) is 5.43. The quantitative estimate of drug-likeness (QED) is 0.642. The first-order chi connectivity index (χ1) is 9.17. The molecule has 1 aromatic rings. The Balaban J connectivity index is 2.27. The highest BCUT2D eigenvalue weighted by molar-refractivity contribution is 6.30. The number of nitrogens with one attached hydrogen (secondary N) is 1. The van der Waals surface area contributed by atoms with Gasteiger partial charge >= 0.3 is 0 Å². The predicted molar refractivity (Wildman–Crippen MR) is 77.2 cm³/mol. The Labute approximate surface area is 119 Å². The molecular formula is C15H22ClFN2. The fourth-order valence-electron chi connectivity index (χ4n) is 3.38. The molecule has 0 saturated heterocycles. The van der Waals surface area contributed by atoms with Crippen molar-refractivity contribution in [3.63, 3.8) is 0 Å². The van der Waals surface area contributed by atoms with E-state index in [1.165, 1.54) is 25.3 Å². The lowest BCUT2D eigenvalue weighted by Crippen LogP contribution is -2.38. The molecule has 0 heterocycles. The molecule has 3 unspecified atom stereocenters. The Bertz CT molecular complexity index is 425. The zero-order valence-corrected chi connectivity index (χ0v) is 12.1. The molecule has 0 aromatic heterocycles. The molecule has 1 saturated carbocycles. The molecule has 0 radical (unpaired) electrons. The van der Waals surface area contributed by atoms with Gasteiger partial charge in [-0.25, -0.2) is 4.39 Å². The van der Waals surface area contributed by atoms with Crippen molar-refractivity contribution in [3.05, 3.63) is 34.6 Å². The molecule has 1 aromatic carbocycles. The molecule has 2 rings (SSSR count). The number of hydrogen-bond acceptors (Lipinski definition) is 2. The molecule has 0 spiro atoms. The van der Waals surface area contributed by atoms with Crippen molar-refractivity contribution >= 4 is 11.6 Å². The van der Waals surface area contributed by atoms with Crippen LogP contribution in [0.4, 0.5) is 4.39 Å². The third kappa shape index (κ3) is 3.28. The van der Waals surface area contributed by atoms with Crippen LogP contribution in [-0.4, -0.2) is 0 Å². The summed E-state index contributed by atoms with van der Waals surface area (Å²) in [4.78, 5) is 0. The Morgan fingerprint density at radius 2 is 2.16 bits per heavy atom. The van der Waals surface area contributed by atoms with Gasteiger partial charge in [0, 0.05) is 10.6 Å². The van der Waals surface area contributed by atoms with Gasteiger partial charge in [-0.05, 0) is 30.4 Å². The van der Waals surface area contributed by atoms with Gasteiger partial charge in [-0.15, -0.1) is 0 Å². The minimum atomic E-state index is -0.268. The van der Waals surface area contributed by atoms with E-state index in [0.29, 0.717) is 22.4 Å². The van der Waals surface area contributed by atoms with E-state index < -0.39 is 0 Å². The molecule has 19 heavy (non-hydrogen) atoms. The Kier molecular flexibility index (Phi) is 5.20. The summed E-state index contributed by atoms with van der Waals surface area (Å²) in [5.41, 5.74) is 3.47. The number of halogens is 2. The van der Waals surface area contributed by atoms with Crippen LogP contribution in [0.15, 0.2) is 18.2 Å². The first kappa shape index (κ1) is 14.8. The zero-order valence-electron chi connectivity index (χ0n) is 11.3. The monoisotopic (exact) mass is 284 g/mol. The van der Waals surface area contributed by atoms with Crippen molar-refractivity contribution in [1.29, 1.82) is 0 Å². The van der Waals surface area contributed by atoms with Crippen LogP contribution >= 0.6 is 11.6 Å². The minimum absolute atomic E-state index is 0.123. The van der Waals surface area contributed by atoms with Gasteiger partial charge in [0.25, 0.3) is 0 Å². The molecule has 4 heteroatoms. The summed E-state index contributed by atoms with van der Waals surface area (Å²) in [5.74, 6) is 6.46. The third-order valence-corrected chi connectivity index (χ3v) is 4.63. The fraction of sp³-hybridized carbons (Fsp3) is 0.600. The summed E-state index contributed by atoms with van der Waals surface area (Å²) in [7, 11) is 0. The highest BCUT2D eigenvalue weighted by Crippen LogP contribution is 2.40. The Hall–Kier alpha value is -0.640. The smallest absolute Gasteiger partial charge is 0.129 e. The molecule has 106 valence electrons. The number of nitrogens with two attached hydrogens (primary N) is 1. The van der Waals surface area contributed by atoms with Crippen LogP contribution in [0.2, 0.25) is 5.02 Å². The molecule has 0 amide bonds. The third-order valence-electron chi connectivity index (χ3n) is 4.40. The van der Waals surface area contributed by atoms with Crippen LogP contribution in [0.1, 0.15) is 50.6 Å². The lowest BCUT2D eigenvalue weighted by molar-refractivity contribution is 0.173. The van der Waals surface area contributed by atoms with Crippen LogP contribution in [0.3, 0.4) is 0 Å². The lowest BCUT2D eigenvalue weighted by atomic mass is 9.72. The lowest BCUT2D eigenvalue weighted by Gasteiger charge is -2.37. The molecule has 1 aliphatic rings. The first-order valence-corrected chi connectivity index (χ1v) is 7.46. The second-order valence-corrected chi connectivity index (χ2v) is 5.86. The Morgan fingerprint density at radius 1 is 1.42 bits per heavy atom. The van der Waals surface area contributed by atoms with Gasteiger partial charge in [0.15, 0.2) is 0 Å². The number of hydrazine groups is 1. The summed E-state index contributed by atoms with van der Waals surface area (Å²) < 4.78 is 14.1. The van der Waals surface area contributed by atoms with E-state index in [9.17, 15) is 4.39 Å². The van der Waals surface area contributed by atoms with Gasteiger partial charge in [0.1, 0.15) is 5.82 Å². The highest BCUT2D eigenvalue weighted by atomic mass is 35.5. The van der Waals surface area contributed by atoms with Crippen molar-refractivity contribution in [1.82, 2.24) is 5.43 Å². The highest BCUT2D eigenvalue weighted by Gasteiger charge is 2.32. The van der Waals surface area contributed by atoms with E-state index in [1.807, 2.05) is 0 Å². The summed E-state index contributed by atoms with van der Waals surface area (Å²) in [6.07, 6.45) is 5.92. The molecule has 3 atom stereocenters. The van der Waals surface area contributed by atoms with Gasteiger partial charge in [-0.1, -0.05) is 50.3 Å². The maximum absolute atomic E-state index is 14.1. The van der Waals surface area contributed by atoms with Crippen LogP contribution in [-0.2, 0) is 0 Å². The average Bonchev–Trinajstić information content (AvgIpc) is 2.42. The minimum Gasteiger partial charge on any atom is -0.271 e. The molecular weight excluding hydrogens is 263 g/mol. The molecule has 3 N–H and O–H groups in total. The van der Waals surface area contributed by atoms with E-state index in [1.54, 1.807) is 12.1 Å². The standard InChI is InChI=1S/C15H22ClFN2/c1-2-10-5-3-4-6-12(10)15(19-18)13-8-7-11(16)9-14(13)17/h7-10,12,15,19H,2-6,18H2,1H3. The van der Waals surface area contributed by atoms with Crippen LogP contribution in [0.25, 0.3) is 0 Å². The van der Waals surface area contributed by atoms with E-state index >= 15 is 0 Å². The van der Waals surface area contributed by atoms with E-state index in [4.69, 9.17) is 17.4 Å². The summed E-state index contributed by atoms with van der Waals surface area (Å²) in [5, 5.41) is 0.424. The van der Waals surface area contributed by atoms with Crippen molar-refractivity contribution in [3.8, 4) is 0 Å². The largest absolute Gasteiger partial charge is 0.271 e. The normalized spacial score (nSPS) is 25.3. The van der Waals surface area contributed by atoms with Gasteiger partial charge in [-0.2, -0.15) is 0 Å². The molecule has 0 aliphatic heterocycles. The van der Waals surface area contributed by atoms with Gasteiger partial charge in [0.05, 0.1) is 6.04 Å². The van der Waals surface area contributed by atoms with Crippen molar-refractivity contribution in [2.45, 2.75) is 45.1 Å². The SMILES string of the molecule is CCC1CCCCC1C(NN)c1ccc(Cl)cc1F. The van der Waals surface area contributed by atoms with Crippen molar-refractivity contribution in [2.75, 3.05) is 0 Å². The molecule has 2 nitrogen and oxygen atoms in total. The molecule has 1 fully saturated rings. The van der Waals surface area contributed by atoms with E-state index in [-0.39, 0.29) is 11.9 Å². The number of hydrogen-bond donors (Lipinski definition) is 2. The average molecular weight is 285 g/mol. The maximum Gasteiger partial charge on any atom is 0.129 e. The predicted octanol–water partition coefficient (Wildman–Crippen LogP) is 4.20. The summed E-state index contributed by atoms with van der Waals surface area (Å²) in [6, 6.07) is 4.73. The summed E-state index contributed by atoms with van der Waals surface area (Å²) in [6.45, 7) is 2.20. The van der Waals surface area contributed by atoms with E-state index in [0.717, 1.165) is 12.8 Å². The number of benzene rings is 1. The summed E-state index contributed by atoms with van der Waals surface area (Å²) >= 11 is 5.81. The van der Waals surface area contributed by atoms with Crippen LogP contribution in [0, 0.1) is 17.7 Å². The number of rotatable bonds is 4. The second kappa shape index (κ2) is 6.69. The van der Waals surface area contributed by atoms with Crippen molar-refractivity contribution < 1.29 is 4.39 Å². The Morgan fingerprint density at radius 3 is 2.79 bits per heavy atom.